The molecule has 8 heteroatoms. The van der Waals surface area contributed by atoms with Gasteiger partial charge >= 0.3 is 139 Å². The van der Waals surface area contributed by atoms with Gasteiger partial charge in [0, 0.05) is 0 Å². The quantitative estimate of drug-likeness (QED) is 0.146. The van der Waals surface area contributed by atoms with E-state index >= 15 is 0 Å². The summed E-state index contributed by atoms with van der Waals surface area (Å²) in [5, 5.41) is 3.31. The molecule has 0 aromatic rings. The summed E-state index contributed by atoms with van der Waals surface area (Å²) in [5.41, 5.74) is 6.02. The van der Waals surface area contributed by atoms with Crippen molar-refractivity contribution in [2.45, 2.75) is 38.9 Å². The van der Waals surface area contributed by atoms with E-state index in [0.29, 0.717) is 17.8 Å². The minimum atomic E-state index is -1.10. The van der Waals surface area contributed by atoms with Gasteiger partial charge in [0.05, 0.1) is 0 Å². The first-order valence-electron chi connectivity index (χ1n) is 7.02. The molecule has 110 valence electrons. The third kappa shape index (κ3) is 1.37. The molecule has 6 atom stereocenters. The summed E-state index contributed by atoms with van der Waals surface area (Å²) in [7, 11) is 0. The second-order valence-corrected chi connectivity index (χ2v) is 13.2. The van der Waals surface area contributed by atoms with Gasteiger partial charge in [0.1, 0.15) is 0 Å². The molecule has 5 aliphatic rings. The maximum atomic E-state index is 12.7. The number of alkyl halides is 2. The Balaban J connectivity index is 1.37. The fourth-order valence-corrected chi connectivity index (χ4v) is 12.1. The number of aliphatic imine (C=N–C) groups is 1. The van der Waals surface area contributed by atoms with Gasteiger partial charge in [0.15, 0.2) is 0 Å². The molecule has 5 rings (SSSR count). The molecule has 0 radical (unpaired) electrons. The van der Waals surface area contributed by atoms with Crippen molar-refractivity contribution in [3.8, 4) is 0 Å². The normalized spacial score (nSPS) is 49.4. The third-order valence-corrected chi connectivity index (χ3v) is 12.9. The fraction of sp³-hybridized carbons (Fsp3) is 0.833. The molecule has 6 unspecified atom stereocenters. The first kappa shape index (κ1) is 12.8. The van der Waals surface area contributed by atoms with Crippen LogP contribution in [0.5, 0.6) is 0 Å². The number of carbonyl (C=O) groups is 1. The second-order valence-electron chi connectivity index (χ2n) is 6.68. The van der Waals surface area contributed by atoms with Gasteiger partial charge in [-0.05, 0) is 0 Å². The molecule has 5 N–H and O–H groups in total. The molecular formula is C12H17I2N5O. The van der Waals surface area contributed by atoms with Gasteiger partial charge in [0.25, 0.3) is 0 Å². The standard InChI is InChI=1S/C12H17I2N5O/c1-11(13,12-14(18-12)19-12)10(20)17-7-4-2-5-6(3-4)9(15)16-8(5)7/h4-8,18-19H,2-3H2,1H3,(H2,15,16)(H,17,20). The number of hydrogen-bond donors (Lipinski definition) is 4. The van der Waals surface area contributed by atoms with E-state index < -0.39 is 20.4 Å². The van der Waals surface area contributed by atoms with Gasteiger partial charge in [-0.15, -0.1) is 0 Å². The Morgan fingerprint density at radius 1 is 1.60 bits per heavy atom. The maximum absolute atomic E-state index is 12.7. The number of fused-ring (bicyclic) bond motifs is 2. The van der Waals surface area contributed by atoms with Crippen LogP contribution in [0.2, 0.25) is 0 Å². The van der Waals surface area contributed by atoms with Crippen LogP contribution in [0.3, 0.4) is 0 Å². The Labute approximate surface area is 138 Å². The molecule has 4 fully saturated rings. The van der Waals surface area contributed by atoms with E-state index in [4.69, 9.17) is 5.73 Å². The Bertz CT molecular complexity index is 558. The van der Waals surface area contributed by atoms with Crippen molar-refractivity contribution < 1.29 is 4.79 Å². The van der Waals surface area contributed by atoms with Gasteiger partial charge in [-0.3, -0.25) is 0 Å². The average Bonchev–Trinajstić information content (AvgIpc) is 3.13. The average molecular weight is 501 g/mol. The van der Waals surface area contributed by atoms with E-state index in [1.807, 2.05) is 6.92 Å². The number of amides is 1. The molecule has 0 aromatic heterocycles. The molecule has 20 heavy (non-hydrogen) atoms. The van der Waals surface area contributed by atoms with Crippen LogP contribution < -0.4 is 18.1 Å². The number of nitrogens with zero attached hydrogens (tertiary/aromatic N) is 1. The molecule has 2 bridgehead atoms. The Kier molecular flexibility index (Phi) is 2.32. The summed E-state index contributed by atoms with van der Waals surface area (Å²) in [4.78, 5) is 17.3. The fourth-order valence-electron chi connectivity index (χ4n) is 4.34. The van der Waals surface area contributed by atoms with E-state index in [1.165, 1.54) is 6.42 Å². The zero-order valence-corrected chi connectivity index (χ0v) is 15.3. The van der Waals surface area contributed by atoms with Gasteiger partial charge in [-0.1, -0.05) is 0 Å². The molecule has 0 aromatic carbocycles. The van der Waals surface area contributed by atoms with Gasteiger partial charge in [-0.2, -0.15) is 0 Å². The number of nitrogens with one attached hydrogen (secondary N) is 3. The van der Waals surface area contributed by atoms with E-state index in [1.54, 1.807) is 0 Å². The van der Waals surface area contributed by atoms with Crippen molar-refractivity contribution in [1.29, 1.82) is 0 Å². The summed E-state index contributed by atoms with van der Waals surface area (Å²) < 4.78 is 6.53. The number of carbonyl (C=O) groups excluding carboxylic acids is 1. The second kappa shape index (κ2) is 3.62. The Morgan fingerprint density at radius 3 is 2.95 bits per heavy atom. The predicted molar refractivity (Wildman–Crippen MR) is 92.5 cm³/mol. The molecule has 2 aliphatic carbocycles. The van der Waals surface area contributed by atoms with Crippen LogP contribution in [0.1, 0.15) is 19.8 Å². The summed E-state index contributed by atoms with van der Waals surface area (Å²) >= 11 is 1.20. The van der Waals surface area contributed by atoms with E-state index in [2.05, 4.69) is 40.0 Å². The molecule has 3 heterocycles. The zero-order chi connectivity index (χ0) is 13.9. The number of nitrogens with two attached hydrogens (primary N) is 1. The topological polar surface area (TPSA) is 111 Å². The molecule has 6 nitrogen and oxygen atoms in total. The van der Waals surface area contributed by atoms with Gasteiger partial charge in [0.2, 0.25) is 0 Å². The van der Waals surface area contributed by atoms with Crippen LogP contribution in [-0.4, -0.2) is 30.9 Å². The van der Waals surface area contributed by atoms with Gasteiger partial charge in [-0.25, -0.2) is 0 Å². The van der Waals surface area contributed by atoms with Crippen LogP contribution in [0.4, 0.5) is 0 Å². The molecule has 3 aliphatic heterocycles. The zero-order valence-electron chi connectivity index (χ0n) is 11.0. The molecule has 2 saturated heterocycles. The van der Waals surface area contributed by atoms with Gasteiger partial charge < -0.3 is 0 Å². The van der Waals surface area contributed by atoms with E-state index in [0.717, 1.165) is 12.3 Å². The number of amidine groups is 1. The first-order chi connectivity index (χ1) is 9.44. The van der Waals surface area contributed by atoms with Crippen molar-refractivity contribution >= 4 is 54.7 Å². The predicted octanol–water partition coefficient (Wildman–Crippen LogP) is 0.257. The van der Waals surface area contributed by atoms with Crippen molar-refractivity contribution in [2.75, 3.05) is 0 Å². The number of rotatable bonds is 3. The number of hydrogen-bond acceptors (Lipinski definition) is 5. The van der Waals surface area contributed by atoms with E-state index in [9.17, 15) is 4.79 Å². The summed E-state index contributed by atoms with van der Waals surface area (Å²) in [6.07, 6.45) is 2.29. The Morgan fingerprint density at radius 2 is 2.30 bits per heavy atom. The van der Waals surface area contributed by atoms with Crippen molar-refractivity contribution in [3.05, 3.63) is 0 Å². The number of halogens is 2. The first-order valence-corrected chi connectivity index (χ1v) is 11.3. The van der Waals surface area contributed by atoms with Crippen LogP contribution in [0.25, 0.3) is 0 Å². The third-order valence-electron chi connectivity index (χ3n) is 5.67. The summed E-state index contributed by atoms with van der Waals surface area (Å²) in [6, 6.07) is 0.441. The minimum absolute atomic E-state index is 0.000308. The summed E-state index contributed by atoms with van der Waals surface area (Å²) in [5.74, 6) is 2.64. The van der Waals surface area contributed by atoms with Crippen molar-refractivity contribution in [3.63, 3.8) is 0 Å². The molecule has 0 spiro atoms. The van der Waals surface area contributed by atoms with Crippen LogP contribution >= 0.6 is 43.0 Å². The van der Waals surface area contributed by atoms with Crippen molar-refractivity contribution in [1.82, 2.24) is 12.4 Å². The molecular weight excluding hydrogens is 484 g/mol. The molecule has 2 saturated carbocycles. The SMILES string of the molecule is CC(I)(C(=O)NC1C2CC3C(N)=NC1C3C2)C12NI1N2. The monoisotopic (exact) mass is 501 g/mol. The van der Waals surface area contributed by atoms with Crippen molar-refractivity contribution in [2.24, 2.45) is 28.5 Å². The molecule has 1 amide bonds. The van der Waals surface area contributed by atoms with Crippen LogP contribution in [-0.2, 0) is 4.79 Å². The summed E-state index contributed by atoms with van der Waals surface area (Å²) in [6.45, 7) is 2.04. The van der Waals surface area contributed by atoms with Crippen LogP contribution in [0, 0.1) is 17.8 Å². The van der Waals surface area contributed by atoms with E-state index in [-0.39, 0.29) is 25.1 Å². The Hall–Kier alpha value is 0.320. The van der Waals surface area contributed by atoms with Crippen LogP contribution in [0.15, 0.2) is 4.99 Å².